The van der Waals surface area contributed by atoms with E-state index in [0.717, 1.165) is 22.3 Å². The van der Waals surface area contributed by atoms with Gasteiger partial charge in [0.1, 0.15) is 12.6 Å². The van der Waals surface area contributed by atoms with Gasteiger partial charge in [0, 0.05) is 12.5 Å². The number of carboxylic acids is 1. The van der Waals surface area contributed by atoms with Gasteiger partial charge in [-0.3, -0.25) is 0 Å². The van der Waals surface area contributed by atoms with Crippen LogP contribution in [0.5, 0.6) is 0 Å². The van der Waals surface area contributed by atoms with E-state index in [0.29, 0.717) is 12.1 Å². The number of alkyl halides is 6. The van der Waals surface area contributed by atoms with Crippen molar-refractivity contribution < 1.29 is 45.8 Å². The predicted octanol–water partition coefficient (Wildman–Crippen LogP) is 6.59. The van der Waals surface area contributed by atoms with Crippen LogP contribution >= 0.6 is 0 Å². The van der Waals surface area contributed by atoms with E-state index in [9.17, 15) is 41.0 Å². The number of carboxylic acid groups (broad SMARTS) is 1. The number of hydrogen-bond donors (Lipinski definition) is 3. The summed E-state index contributed by atoms with van der Waals surface area (Å²) in [6, 6.07) is 15.4. The highest BCUT2D eigenvalue weighted by Gasteiger charge is 2.37. The Balaban J connectivity index is 1.27. The summed E-state index contributed by atoms with van der Waals surface area (Å²) in [6.07, 6.45) is -10.7. The molecular weight excluding hydrogens is 554 g/mol. The Kier molecular flexibility index (Phi) is 8.91. The first-order valence-electron chi connectivity index (χ1n) is 12.7. The van der Waals surface area contributed by atoms with Crippen LogP contribution in [-0.4, -0.2) is 36.4 Å². The van der Waals surface area contributed by atoms with Crippen LogP contribution in [0.2, 0.25) is 0 Å². The zero-order chi connectivity index (χ0) is 29.8. The number of benzene rings is 3. The fourth-order valence-corrected chi connectivity index (χ4v) is 4.83. The summed E-state index contributed by atoms with van der Waals surface area (Å²) in [5, 5.41) is 14.5. The SMILES string of the molecule is O=C(N[C@@H](CCCNCc1cc(C(F)(F)F)cc(C(F)(F)F)c1)C(=O)O)OCC1c2ccccc2-c2ccccc21. The zero-order valence-corrected chi connectivity index (χ0v) is 21.5. The standard InChI is InChI=1S/C29H26F6N2O4/c30-28(31,32)18-12-17(13-19(14-18)29(33,34)35)15-36-11-5-10-25(26(38)39)37-27(40)41-16-24-22-8-3-1-6-20(22)21-7-2-4-9-23(21)24/h1-4,6-9,12-14,24-25,36H,5,10-11,15-16H2,(H,37,40)(H,38,39)/t25-/m0/s1. The molecule has 0 radical (unpaired) electrons. The van der Waals surface area contributed by atoms with Gasteiger partial charge in [0.05, 0.1) is 11.1 Å². The topological polar surface area (TPSA) is 87.7 Å². The van der Waals surface area contributed by atoms with Crippen molar-refractivity contribution in [2.75, 3.05) is 13.2 Å². The van der Waals surface area contributed by atoms with E-state index < -0.39 is 41.6 Å². The molecule has 0 saturated heterocycles. The summed E-state index contributed by atoms with van der Waals surface area (Å²) in [7, 11) is 0. The molecular formula is C29H26F6N2O4. The lowest BCUT2D eigenvalue weighted by molar-refractivity contribution is -0.143. The molecule has 3 aromatic carbocycles. The third-order valence-corrected chi connectivity index (χ3v) is 6.76. The van der Waals surface area contributed by atoms with Crippen LogP contribution in [-0.2, 0) is 28.4 Å². The fraction of sp³-hybridized carbons (Fsp3) is 0.310. The van der Waals surface area contributed by atoms with E-state index in [2.05, 4.69) is 10.6 Å². The maximum Gasteiger partial charge on any atom is 0.416 e. The van der Waals surface area contributed by atoms with Crippen LogP contribution < -0.4 is 10.6 Å². The van der Waals surface area contributed by atoms with E-state index in [1.807, 2.05) is 48.5 Å². The largest absolute Gasteiger partial charge is 0.480 e. The molecule has 0 saturated carbocycles. The van der Waals surface area contributed by atoms with Gasteiger partial charge in [-0.2, -0.15) is 26.3 Å². The average molecular weight is 581 g/mol. The molecule has 1 aliphatic carbocycles. The number of hydrogen-bond acceptors (Lipinski definition) is 4. The Hall–Kier alpha value is -4.06. The van der Waals surface area contributed by atoms with Gasteiger partial charge in [-0.15, -0.1) is 0 Å². The van der Waals surface area contributed by atoms with Crippen molar-refractivity contribution in [3.8, 4) is 11.1 Å². The van der Waals surface area contributed by atoms with Gasteiger partial charge in [-0.05, 0) is 65.4 Å². The molecule has 1 aliphatic rings. The molecule has 0 spiro atoms. The number of fused-ring (bicyclic) bond motifs is 3. The second kappa shape index (κ2) is 12.2. The van der Waals surface area contributed by atoms with Crippen LogP contribution in [0.25, 0.3) is 11.1 Å². The predicted molar refractivity (Wildman–Crippen MR) is 137 cm³/mol. The Labute approximate surface area is 231 Å². The number of amides is 1. The van der Waals surface area contributed by atoms with Gasteiger partial charge in [0.15, 0.2) is 0 Å². The summed E-state index contributed by atoms with van der Waals surface area (Å²) < 4.78 is 83.6. The molecule has 3 aromatic rings. The third-order valence-electron chi connectivity index (χ3n) is 6.76. The molecule has 3 N–H and O–H groups in total. The van der Waals surface area contributed by atoms with Crippen LogP contribution in [0.3, 0.4) is 0 Å². The van der Waals surface area contributed by atoms with Crippen LogP contribution in [0.1, 0.15) is 46.6 Å². The van der Waals surface area contributed by atoms with Gasteiger partial charge < -0.3 is 20.5 Å². The molecule has 0 bridgehead atoms. The van der Waals surface area contributed by atoms with Gasteiger partial charge in [-0.1, -0.05) is 48.5 Å². The summed E-state index contributed by atoms with van der Waals surface area (Å²) >= 11 is 0. The quantitative estimate of drug-likeness (QED) is 0.186. The first-order valence-corrected chi connectivity index (χ1v) is 12.7. The first kappa shape index (κ1) is 29.9. The smallest absolute Gasteiger partial charge is 0.416 e. The number of carbonyl (C=O) groups excluding carboxylic acids is 1. The second-order valence-corrected chi connectivity index (χ2v) is 9.59. The molecule has 0 aliphatic heterocycles. The summed E-state index contributed by atoms with van der Waals surface area (Å²) in [5.74, 6) is -1.53. The molecule has 6 nitrogen and oxygen atoms in total. The van der Waals surface area contributed by atoms with E-state index in [1.165, 1.54) is 0 Å². The van der Waals surface area contributed by atoms with Crippen molar-refractivity contribution in [1.82, 2.24) is 10.6 Å². The van der Waals surface area contributed by atoms with Crippen molar-refractivity contribution in [3.05, 3.63) is 94.5 Å². The minimum atomic E-state index is -4.95. The number of halogens is 6. The molecule has 0 aromatic heterocycles. The molecule has 4 rings (SSSR count). The van der Waals surface area contributed by atoms with E-state index in [4.69, 9.17) is 4.74 Å². The monoisotopic (exact) mass is 580 g/mol. The second-order valence-electron chi connectivity index (χ2n) is 9.59. The minimum absolute atomic E-state index is 0.00927. The van der Waals surface area contributed by atoms with Crippen molar-refractivity contribution in [2.45, 2.75) is 43.7 Å². The number of nitrogens with one attached hydrogen (secondary N) is 2. The molecule has 41 heavy (non-hydrogen) atoms. The van der Waals surface area contributed by atoms with Crippen molar-refractivity contribution in [3.63, 3.8) is 0 Å². The van der Waals surface area contributed by atoms with Gasteiger partial charge in [-0.25, -0.2) is 9.59 Å². The number of carbonyl (C=O) groups is 2. The zero-order valence-electron chi connectivity index (χ0n) is 21.5. The summed E-state index contributed by atoms with van der Waals surface area (Å²) in [4.78, 5) is 24.1. The summed E-state index contributed by atoms with van der Waals surface area (Å²) in [5.41, 5.74) is 1.000. The molecule has 1 atom stereocenters. The van der Waals surface area contributed by atoms with E-state index in [-0.39, 0.29) is 50.1 Å². The normalized spacial score (nSPS) is 13.8. The van der Waals surface area contributed by atoms with Gasteiger partial charge >= 0.3 is 24.4 Å². The highest BCUT2D eigenvalue weighted by atomic mass is 19.4. The first-order chi connectivity index (χ1) is 19.3. The maximum absolute atomic E-state index is 13.0. The van der Waals surface area contributed by atoms with Gasteiger partial charge in [0.25, 0.3) is 0 Å². The number of alkyl carbamates (subject to hydrolysis) is 1. The number of aliphatic carboxylic acids is 1. The average Bonchev–Trinajstić information content (AvgIpc) is 3.23. The molecule has 12 heteroatoms. The maximum atomic E-state index is 13.0. The third kappa shape index (κ3) is 7.37. The molecule has 1 amide bonds. The molecule has 218 valence electrons. The van der Waals surface area contributed by atoms with Crippen molar-refractivity contribution >= 4 is 12.1 Å². The van der Waals surface area contributed by atoms with Crippen molar-refractivity contribution in [1.29, 1.82) is 0 Å². The Morgan fingerprint density at radius 3 is 1.90 bits per heavy atom. The summed E-state index contributed by atoms with van der Waals surface area (Å²) in [6.45, 7) is -0.233. The van der Waals surface area contributed by atoms with E-state index >= 15 is 0 Å². The molecule has 0 heterocycles. The highest BCUT2D eigenvalue weighted by Crippen LogP contribution is 2.44. The Bertz CT molecular complexity index is 1330. The van der Waals surface area contributed by atoms with Crippen LogP contribution in [0.4, 0.5) is 31.1 Å². The Morgan fingerprint density at radius 1 is 0.854 bits per heavy atom. The molecule has 0 unspecified atom stereocenters. The lowest BCUT2D eigenvalue weighted by Gasteiger charge is -2.18. The number of rotatable bonds is 10. The van der Waals surface area contributed by atoms with Gasteiger partial charge in [0.2, 0.25) is 0 Å². The van der Waals surface area contributed by atoms with Crippen LogP contribution in [0, 0.1) is 0 Å². The number of ether oxygens (including phenoxy) is 1. The molecule has 0 fully saturated rings. The van der Waals surface area contributed by atoms with E-state index in [1.54, 1.807) is 0 Å². The lowest BCUT2D eigenvalue weighted by atomic mass is 9.98. The van der Waals surface area contributed by atoms with Crippen molar-refractivity contribution in [2.24, 2.45) is 0 Å². The highest BCUT2D eigenvalue weighted by molar-refractivity contribution is 5.81. The Morgan fingerprint density at radius 2 is 1.39 bits per heavy atom. The fourth-order valence-electron chi connectivity index (χ4n) is 4.83. The minimum Gasteiger partial charge on any atom is -0.480 e. The van der Waals surface area contributed by atoms with Crippen LogP contribution in [0.15, 0.2) is 66.7 Å². The lowest BCUT2D eigenvalue weighted by Crippen LogP contribution is -2.41.